The van der Waals surface area contributed by atoms with Crippen molar-refractivity contribution >= 4 is 11.3 Å². The zero-order chi connectivity index (χ0) is 7.56. The van der Waals surface area contributed by atoms with Crippen molar-refractivity contribution in [3.63, 3.8) is 0 Å². The van der Waals surface area contributed by atoms with Crippen molar-refractivity contribution in [1.29, 1.82) is 5.26 Å². The normalized spacial score (nSPS) is 12.5. The first kappa shape index (κ1) is 7.26. The molecule has 10 heavy (non-hydrogen) atoms. The van der Waals surface area contributed by atoms with Gasteiger partial charge in [0.25, 0.3) is 0 Å². The molecule has 0 unspecified atom stereocenters. The van der Waals surface area contributed by atoms with Gasteiger partial charge in [0.15, 0.2) is 0 Å². The van der Waals surface area contributed by atoms with Gasteiger partial charge < -0.3 is 5.73 Å². The first-order valence-corrected chi connectivity index (χ1v) is 3.83. The van der Waals surface area contributed by atoms with Crippen molar-refractivity contribution in [2.45, 2.75) is 13.0 Å². The van der Waals surface area contributed by atoms with Crippen molar-refractivity contribution in [2.75, 3.05) is 0 Å². The van der Waals surface area contributed by atoms with E-state index in [1.807, 2.05) is 24.4 Å². The highest BCUT2D eigenvalue weighted by atomic mass is 32.1. The van der Waals surface area contributed by atoms with Crippen LogP contribution in [0.1, 0.15) is 16.5 Å². The summed E-state index contributed by atoms with van der Waals surface area (Å²) in [5, 5.41) is 10.4. The first-order valence-electron chi connectivity index (χ1n) is 2.95. The number of thiophene rings is 1. The van der Waals surface area contributed by atoms with Crippen molar-refractivity contribution in [3.8, 4) is 6.07 Å². The summed E-state index contributed by atoms with van der Waals surface area (Å²) >= 11 is 1.53. The van der Waals surface area contributed by atoms with E-state index in [4.69, 9.17) is 11.0 Å². The molecule has 1 heterocycles. The van der Waals surface area contributed by atoms with Crippen molar-refractivity contribution in [1.82, 2.24) is 0 Å². The number of nitriles is 1. The molecule has 1 rings (SSSR count). The number of hydrogen-bond acceptors (Lipinski definition) is 3. The second-order valence-electron chi connectivity index (χ2n) is 2.07. The molecule has 1 aromatic rings. The van der Waals surface area contributed by atoms with Gasteiger partial charge >= 0.3 is 0 Å². The molecule has 0 radical (unpaired) electrons. The SMILES string of the molecule is Cc1ccsc1[C@@H](N)C#N. The minimum absolute atomic E-state index is 0.444. The molecular formula is C7H8N2S. The van der Waals surface area contributed by atoms with Gasteiger partial charge in [-0.1, -0.05) is 0 Å². The van der Waals surface area contributed by atoms with E-state index in [0.717, 1.165) is 10.4 Å². The fourth-order valence-electron chi connectivity index (χ4n) is 0.762. The van der Waals surface area contributed by atoms with E-state index in [9.17, 15) is 0 Å². The molecule has 0 fully saturated rings. The summed E-state index contributed by atoms with van der Waals surface area (Å²) < 4.78 is 0. The van der Waals surface area contributed by atoms with Crippen LogP contribution < -0.4 is 5.73 Å². The second-order valence-corrected chi connectivity index (χ2v) is 3.02. The summed E-state index contributed by atoms with van der Waals surface area (Å²) in [7, 11) is 0. The Morgan fingerprint density at radius 3 is 2.90 bits per heavy atom. The second kappa shape index (κ2) is 2.82. The molecule has 0 saturated heterocycles. The maximum Gasteiger partial charge on any atom is 0.128 e. The molecule has 0 spiro atoms. The van der Waals surface area contributed by atoms with Crippen molar-refractivity contribution in [3.05, 3.63) is 21.9 Å². The molecule has 52 valence electrons. The Labute approximate surface area is 63.9 Å². The van der Waals surface area contributed by atoms with Crippen LogP contribution in [0.25, 0.3) is 0 Å². The molecule has 0 aliphatic carbocycles. The number of nitrogens with two attached hydrogens (primary N) is 1. The Balaban J connectivity index is 2.96. The lowest BCUT2D eigenvalue weighted by Gasteiger charge is -1.98. The van der Waals surface area contributed by atoms with E-state index < -0.39 is 6.04 Å². The number of rotatable bonds is 1. The van der Waals surface area contributed by atoms with E-state index >= 15 is 0 Å². The fourth-order valence-corrected chi connectivity index (χ4v) is 1.63. The summed E-state index contributed by atoms with van der Waals surface area (Å²) in [5.74, 6) is 0. The van der Waals surface area contributed by atoms with Gasteiger partial charge in [0.05, 0.1) is 6.07 Å². The van der Waals surface area contributed by atoms with Crippen LogP contribution in [0.5, 0.6) is 0 Å². The number of hydrogen-bond donors (Lipinski definition) is 1. The van der Waals surface area contributed by atoms with Crippen LogP contribution in [-0.2, 0) is 0 Å². The van der Waals surface area contributed by atoms with Crippen molar-refractivity contribution in [2.24, 2.45) is 5.73 Å². The van der Waals surface area contributed by atoms with Crippen LogP contribution in [0.15, 0.2) is 11.4 Å². The standard InChI is InChI=1S/C7H8N2S/c1-5-2-3-10-7(5)6(9)4-8/h2-3,6H,9H2,1H3/t6-/m0/s1. The van der Waals surface area contributed by atoms with Gasteiger partial charge in [-0.05, 0) is 23.9 Å². The van der Waals surface area contributed by atoms with E-state index in [2.05, 4.69) is 0 Å². The van der Waals surface area contributed by atoms with Gasteiger partial charge in [-0.3, -0.25) is 0 Å². The molecule has 0 amide bonds. The third kappa shape index (κ3) is 1.18. The number of nitrogens with zero attached hydrogens (tertiary/aromatic N) is 1. The molecule has 0 aliphatic heterocycles. The van der Waals surface area contributed by atoms with Crippen molar-refractivity contribution < 1.29 is 0 Å². The summed E-state index contributed by atoms with van der Waals surface area (Å²) in [6, 6.07) is 3.52. The Hall–Kier alpha value is -0.850. The Morgan fingerprint density at radius 2 is 2.50 bits per heavy atom. The van der Waals surface area contributed by atoms with Gasteiger partial charge in [0.1, 0.15) is 6.04 Å². The van der Waals surface area contributed by atoms with Gasteiger partial charge in [0.2, 0.25) is 0 Å². The third-order valence-electron chi connectivity index (χ3n) is 1.32. The largest absolute Gasteiger partial charge is 0.312 e. The highest BCUT2D eigenvalue weighted by molar-refractivity contribution is 7.10. The summed E-state index contributed by atoms with van der Waals surface area (Å²) in [5.41, 5.74) is 6.60. The lowest BCUT2D eigenvalue weighted by atomic mass is 10.2. The minimum atomic E-state index is -0.444. The monoisotopic (exact) mass is 152 g/mol. The molecule has 0 saturated carbocycles. The number of aryl methyl sites for hydroxylation is 1. The predicted molar refractivity (Wildman–Crippen MR) is 41.6 cm³/mol. The van der Waals surface area contributed by atoms with Crippen LogP contribution in [0, 0.1) is 18.3 Å². The van der Waals surface area contributed by atoms with E-state index in [1.165, 1.54) is 11.3 Å². The zero-order valence-corrected chi connectivity index (χ0v) is 6.48. The van der Waals surface area contributed by atoms with E-state index in [0.29, 0.717) is 0 Å². The molecule has 1 atom stereocenters. The Bertz CT molecular complexity index is 259. The highest BCUT2D eigenvalue weighted by Gasteiger charge is 2.07. The van der Waals surface area contributed by atoms with Crippen LogP contribution in [0.3, 0.4) is 0 Å². The topological polar surface area (TPSA) is 49.8 Å². The van der Waals surface area contributed by atoms with Gasteiger partial charge in [0, 0.05) is 4.88 Å². The molecule has 0 aromatic carbocycles. The smallest absolute Gasteiger partial charge is 0.128 e. The highest BCUT2D eigenvalue weighted by Crippen LogP contribution is 2.20. The third-order valence-corrected chi connectivity index (χ3v) is 2.43. The maximum atomic E-state index is 8.46. The lowest BCUT2D eigenvalue weighted by molar-refractivity contribution is 0.941. The Kier molecular flexibility index (Phi) is 2.05. The summed E-state index contributed by atoms with van der Waals surface area (Å²) in [4.78, 5) is 0.975. The first-order chi connectivity index (χ1) is 4.75. The molecule has 2 nitrogen and oxygen atoms in total. The van der Waals surface area contributed by atoms with Crippen LogP contribution >= 0.6 is 11.3 Å². The lowest BCUT2D eigenvalue weighted by Crippen LogP contribution is -2.05. The average Bonchev–Trinajstić information content (AvgIpc) is 2.34. The van der Waals surface area contributed by atoms with Crippen LogP contribution in [-0.4, -0.2) is 0 Å². The molecule has 1 aromatic heterocycles. The van der Waals surface area contributed by atoms with Crippen LogP contribution in [0.4, 0.5) is 0 Å². The molecule has 3 heteroatoms. The maximum absolute atomic E-state index is 8.46. The molecule has 2 N–H and O–H groups in total. The van der Waals surface area contributed by atoms with E-state index in [1.54, 1.807) is 0 Å². The molecular weight excluding hydrogens is 144 g/mol. The minimum Gasteiger partial charge on any atom is -0.312 e. The predicted octanol–water partition coefficient (Wildman–Crippen LogP) is 1.58. The fraction of sp³-hybridized carbons (Fsp3) is 0.286. The summed E-state index contributed by atoms with van der Waals surface area (Å²) in [6.45, 7) is 1.96. The van der Waals surface area contributed by atoms with Gasteiger partial charge in [-0.15, -0.1) is 11.3 Å². The van der Waals surface area contributed by atoms with Gasteiger partial charge in [-0.2, -0.15) is 5.26 Å². The molecule has 0 aliphatic rings. The van der Waals surface area contributed by atoms with Gasteiger partial charge in [-0.25, -0.2) is 0 Å². The van der Waals surface area contributed by atoms with Crippen LogP contribution in [0.2, 0.25) is 0 Å². The Morgan fingerprint density at radius 1 is 1.80 bits per heavy atom. The zero-order valence-electron chi connectivity index (χ0n) is 5.66. The summed E-state index contributed by atoms with van der Waals surface area (Å²) in [6.07, 6.45) is 0. The average molecular weight is 152 g/mol. The molecule has 0 bridgehead atoms. The van der Waals surface area contributed by atoms with E-state index in [-0.39, 0.29) is 0 Å². The quantitative estimate of drug-likeness (QED) is 0.664.